The lowest BCUT2D eigenvalue weighted by Gasteiger charge is -2.03. The normalized spacial score (nSPS) is 10.8. The van der Waals surface area contributed by atoms with Crippen molar-refractivity contribution in [2.75, 3.05) is 0 Å². The van der Waals surface area contributed by atoms with Crippen LogP contribution in [0.3, 0.4) is 0 Å². The SMILES string of the molecule is NCc1ccc(Cc2nc(-c3ccccc3)cs2)cc1F. The van der Waals surface area contributed by atoms with Crippen LogP contribution in [0.2, 0.25) is 0 Å². The predicted molar refractivity (Wildman–Crippen MR) is 84.6 cm³/mol. The lowest BCUT2D eigenvalue weighted by atomic mass is 10.1. The maximum atomic E-state index is 13.7. The standard InChI is InChI=1S/C17H15FN2S/c18-15-8-12(6-7-14(15)10-19)9-17-20-16(11-21-17)13-4-2-1-3-5-13/h1-8,11H,9-10,19H2. The second-order valence-electron chi connectivity index (χ2n) is 4.80. The fourth-order valence-electron chi connectivity index (χ4n) is 2.17. The van der Waals surface area contributed by atoms with Crippen LogP contribution in [-0.4, -0.2) is 4.98 Å². The molecular weight excluding hydrogens is 283 g/mol. The number of nitrogens with zero attached hydrogens (tertiary/aromatic N) is 1. The molecule has 21 heavy (non-hydrogen) atoms. The molecule has 1 heterocycles. The van der Waals surface area contributed by atoms with Gasteiger partial charge in [-0.3, -0.25) is 0 Å². The largest absolute Gasteiger partial charge is 0.326 e. The van der Waals surface area contributed by atoms with Gasteiger partial charge in [0, 0.05) is 29.5 Å². The predicted octanol–water partition coefficient (Wildman–Crippen LogP) is 4.00. The van der Waals surface area contributed by atoms with E-state index in [1.165, 1.54) is 0 Å². The van der Waals surface area contributed by atoms with E-state index in [0.717, 1.165) is 21.8 Å². The van der Waals surface area contributed by atoms with Gasteiger partial charge in [-0.1, -0.05) is 42.5 Å². The van der Waals surface area contributed by atoms with E-state index in [9.17, 15) is 4.39 Å². The number of aromatic nitrogens is 1. The molecule has 2 nitrogen and oxygen atoms in total. The highest BCUT2D eigenvalue weighted by Crippen LogP contribution is 2.23. The van der Waals surface area contributed by atoms with E-state index in [2.05, 4.69) is 4.98 Å². The monoisotopic (exact) mass is 298 g/mol. The Labute approximate surface area is 127 Å². The number of nitrogens with two attached hydrogens (primary N) is 1. The molecule has 0 bridgehead atoms. The van der Waals surface area contributed by atoms with E-state index in [1.807, 2.05) is 41.8 Å². The Hall–Kier alpha value is -2.04. The Balaban J connectivity index is 1.80. The first-order valence-corrected chi connectivity index (χ1v) is 7.61. The minimum atomic E-state index is -0.241. The summed E-state index contributed by atoms with van der Waals surface area (Å²) in [4.78, 5) is 4.62. The van der Waals surface area contributed by atoms with Gasteiger partial charge in [-0.15, -0.1) is 11.3 Å². The van der Waals surface area contributed by atoms with Gasteiger partial charge in [0.15, 0.2) is 0 Å². The van der Waals surface area contributed by atoms with Crippen molar-refractivity contribution < 1.29 is 4.39 Å². The van der Waals surface area contributed by atoms with Gasteiger partial charge in [0.1, 0.15) is 5.82 Å². The summed E-state index contributed by atoms with van der Waals surface area (Å²) < 4.78 is 13.7. The van der Waals surface area contributed by atoms with Crippen LogP contribution in [0, 0.1) is 5.82 Å². The summed E-state index contributed by atoms with van der Waals surface area (Å²) in [5.41, 5.74) is 9.00. The first-order valence-electron chi connectivity index (χ1n) is 6.73. The zero-order valence-corrected chi connectivity index (χ0v) is 12.2. The summed E-state index contributed by atoms with van der Waals surface area (Å²) in [6.07, 6.45) is 0.638. The Bertz CT molecular complexity index is 738. The summed E-state index contributed by atoms with van der Waals surface area (Å²) in [5, 5.41) is 3.02. The number of halogens is 1. The molecule has 0 aliphatic carbocycles. The van der Waals surface area contributed by atoms with Crippen LogP contribution >= 0.6 is 11.3 Å². The molecule has 3 rings (SSSR count). The molecule has 0 aliphatic heterocycles. The number of hydrogen-bond donors (Lipinski definition) is 1. The third kappa shape index (κ3) is 3.17. The molecule has 2 aromatic carbocycles. The minimum absolute atomic E-state index is 0.224. The summed E-state index contributed by atoms with van der Waals surface area (Å²) >= 11 is 1.60. The van der Waals surface area contributed by atoms with Crippen LogP contribution in [0.5, 0.6) is 0 Å². The first-order chi connectivity index (χ1) is 10.3. The molecule has 0 aliphatic rings. The fraction of sp³-hybridized carbons (Fsp3) is 0.118. The molecule has 0 saturated heterocycles. The molecule has 0 saturated carbocycles. The maximum Gasteiger partial charge on any atom is 0.127 e. The number of thiazole rings is 1. The zero-order valence-electron chi connectivity index (χ0n) is 11.4. The van der Waals surface area contributed by atoms with Gasteiger partial charge >= 0.3 is 0 Å². The smallest absolute Gasteiger partial charge is 0.127 e. The van der Waals surface area contributed by atoms with Gasteiger partial charge < -0.3 is 5.73 Å². The molecule has 0 unspecified atom stereocenters. The van der Waals surface area contributed by atoms with E-state index in [1.54, 1.807) is 23.5 Å². The van der Waals surface area contributed by atoms with Gasteiger partial charge in [0.25, 0.3) is 0 Å². The van der Waals surface area contributed by atoms with Crippen molar-refractivity contribution in [1.82, 2.24) is 4.98 Å². The van der Waals surface area contributed by atoms with E-state index in [4.69, 9.17) is 5.73 Å². The van der Waals surface area contributed by atoms with Crippen molar-refractivity contribution >= 4 is 11.3 Å². The Morgan fingerprint density at radius 1 is 1.10 bits per heavy atom. The summed E-state index contributed by atoms with van der Waals surface area (Å²) in [6, 6.07) is 15.3. The number of benzene rings is 2. The van der Waals surface area contributed by atoms with Crippen molar-refractivity contribution in [3.8, 4) is 11.3 Å². The summed E-state index contributed by atoms with van der Waals surface area (Å²) in [7, 11) is 0. The highest BCUT2D eigenvalue weighted by Gasteiger charge is 2.07. The molecule has 1 aromatic heterocycles. The van der Waals surface area contributed by atoms with Crippen LogP contribution in [0.25, 0.3) is 11.3 Å². The van der Waals surface area contributed by atoms with E-state index in [-0.39, 0.29) is 12.4 Å². The molecule has 0 fully saturated rings. The molecule has 0 atom stereocenters. The first kappa shape index (κ1) is 13.9. The van der Waals surface area contributed by atoms with Gasteiger partial charge in [0.05, 0.1) is 10.7 Å². The van der Waals surface area contributed by atoms with Crippen LogP contribution < -0.4 is 5.73 Å². The quantitative estimate of drug-likeness (QED) is 0.790. The lowest BCUT2D eigenvalue weighted by molar-refractivity contribution is 0.609. The average molecular weight is 298 g/mol. The maximum absolute atomic E-state index is 13.7. The van der Waals surface area contributed by atoms with Crippen molar-refractivity contribution in [2.24, 2.45) is 5.73 Å². The summed E-state index contributed by atoms with van der Waals surface area (Å²) in [5.74, 6) is -0.241. The van der Waals surface area contributed by atoms with Crippen LogP contribution in [0.15, 0.2) is 53.9 Å². The van der Waals surface area contributed by atoms with Crippen LogP contribution in [0.4, 0.5) is 4.39 Å². The van der Waals surface area contributed by atoms with Crippen molar-refractivity contribution in [2.45, 2.75) is 13.0 Å². The molecule has 0 spiro atoms. The molecule has 0 amide bonds. The molecular formula is C17H15FN2S. The van der Waals surface area contributed by atoms with Crippen molar-refractivity contribution in [3.63, 3.8) is 0 Å². The van der Waals surface area contributed by atoms with Crippen LogP contribution in [0.1, 0.15) is 16.1 Å². The highest BCUT2D eigenvalue weighted by atomic mass is 32.1. The van der Waals surface area contributed by atoms with Gasteiger partial charge in [-0.2, -0.15) is 0 Å². The average Bonchev–Trinajstić information content (AvgIpc) is 2.97. The highest BCUT2D eigenvalue weighted by molar-refractivity contribution is 7.10. The number of hydrogen-bond acceptors (Lipinski definition) is 3. The third-order valence-electron chi connectivity index (χ3n) is 3.31. The van der Waals surface area contributed by atoms with Gasteiger partial charge in [-0.05, 0) is 11.6 Å². The molecule has 3 aromatic rings. The fourth-order valence-corrected chi connectivity index (χ4v) is 3.01. The van der Waals surface area contributed by atoms with Gasteiger partial charge in [0.2, 0.25) is 0 Å². The topological polar surface area (TPSA) is 38.9 Å². The van der Waals surface area contributed by atoms with Crippen molar-refractivity contribution in [3.05, 3.63) is 75.9 Å². The molecule has 2 N–H and O–H groups in total. The Morgan fingerprint density at radius 3 is 2.62 bits per heavy atom. The van der Waals surface area contributed by atoms with Crippen molar-refractivity contribution in [1.29, 1.82) is 0 Å². The van der Waals surface area contributed by atoms with Crippen LogP contribution in [-0.2, 0) is 13.0 Å². The van der Waals surface area contributed by atoms with E-state index >= 15 is 0 Å². The summed E-state index contributed by atoms with van der Waals surface area (Å²) in [6.45, 7) is 0.224. The Morgan fingerprint density at radius 2 is 1.90 bits per heavy atom. The number of rotatable bonds is 4. The van der Waals surface area contributed by atoms with E-state index in [0.29, 0.717) is 12.0 Å². The molecule has 4 heteroatoms. The van der Waals surface area contributed by atoms with E-state index < -0.39 is 0 Å². The minimum Gasteiger partial charge on any atom is -0.326 e. The molecule has 106 valence electrons. The zero-order chi connectivity index (χ0) is 14.7. The second kappa shape index (κ2) is 6.16. The van der Waals surface area contributed by atoms with Gasteiger partial charge in [-0.25, -0.2) is 9.37 Å². The lowest BCUT2D eigenvalue weighted by Crippen LogP contribution is -2.00. The molecule has 0 radical (unpaired) electrons. The Kier molecular flexibility index (Phi) is 4.08. The second-order valence-corrected chi connectivity index (χ2v) is 5.74. The third-order valence-corrected chi connectivity index (χ3v) is 4.16.